The van der Waals surface area contributed by atoms with Gasteiger partial charge in [0.25, 0.3) is 0 Å². The molecule has 0 amide bonds. The molecule has 1 aliphatic heterocycles. The van der Waals surface area contributed by atoms with Gasteiger partial charge in [-0.05, 0) is 25.0 Å². The minimum absolute atomic E-state index is 0.150. The Balaban J connectivity index is 1.85. The molecule has 1 aliphatic rings. The second-order valence-electron chi connectivity index (χ2n) is 5.37. The second-order valence-corrected chi connectivity index (χ2v) is 7.35. The molecule has 0 unspecified atom stereocenters. The van der Waals surface area contributed by atoms with E-state index < -0.39 is 10.0 Å². The molecular weight excluding hydrogens is 288 g/mol. The summed E-state index contributed by atoms with van der Waals surface area (Å²) in [5.74, 6) is 0.150. The number of hydrogen-bond acceptors (Lipinski definition) is 4. The van der Waals surface area contributed by atoms with Crippen molar-refractivity contribution in [1.29, 1.82) is 0 Å². The molecule has 1 fully saturated rings. The molecule has 0 aliphatic carbocycles. The molecule has 0 spiro atoms. The fourth-order valence-electron chi connectivity index (χ4n) is 2.72. The molecule has 112 valence electrons. The molecule has 0 radical (unpaired) electrons. The predicted molar refractivity (Wildman–Crippen MR) is 79.8 cm³/mol. The summed E-state index contributed by atoms with van der Waals surface area (Å²) in [5.41, 5.74) is 1.93. The van der Waals surface area contributed by atoms with Crippen molar-refractivity contribution < 1.29 is 8.42 Å². The molecule has 2 aromatic rings. The third kappa shape index (κ3) is 3.14. The number of hydrogen-bond donors (Lipinski definition) is 0. The highest BCUT2D eigenvalue weighted by atomic mass is 32.2. The summed E-state index contributed by atoms with van der Waals surface area (Å²) >= 11 is 0. The van der Waals surface area contributed by atoms with Crippen molar-refractivity contribution >= 4 is 10.0 Å². The van der Waals surface area contributed by atoms with Crippen LogP contribution in [-0.2, 0) is 10.0 Å². The van der Waals surface area contributed by atoms with E-state index in [-0.39, 0.29) is 5.92 Å². The summed E-state index contributed by atoms with van der Waals surface area (Å²) in [5, 5.41) is 0. The SMILES string of the molecule is CS(=O)(=O)N1CCC[C@@H](c2cc(-n3ccnc3)ccn2)C1. The van der Waals surface area contributed by atoms with E-state index in [1.54, 1.807) is 23.0 Å². The van der Waals surface area contributed by atoms with E-state index in [9.17, 15) is 8.42 Å². The lowest BCUT2D eigenvalue weighted by Crippen LogP contribution is -2.38. The maximum absolute atomic E-state index is 11.7. The van der Waals surface area contributed by atoms with Crippen LogP contribution in [0.2, 0.25) is 0 Å². The fourth-order valence-corrected chi connectivity index (χ4v) is 3.63. The second kappa shape index (κ2) is 5.57. The number of piperidine rings is 1. The van der Waals surface area contributed by atoms with E-state index in [4.69, 9.17) is 0 Å². The molecule has 0 bridgehead atoms. The highest BCUT2D eigenvalue weighted by Gasteiger charge is 2.27. The Kier molecular flexibility index (Phi) is 3.77. The first-order valence-electron chi connectivity index (χ1n) is 6.93. The molecule has 6 nitrogen and oxygen atoms in total. The van der Waals surface area contributed by atoms with E-state index >= 15 is 0 Å². The summed E-state index contributed by atoms with van der Waals surface area (Å²) in [6, 6.07) is 3.93. The molecule has 21 heavy (non-hydrogen) atoms. The molecule has 3 rings (SSSR count). The van der Waals surface area contributed by atoms with Crippen LogP contribution < -0.4 is 0 Å². The van der Waals surface area contributed by atoms with E-state index in [1.807, 2.05) is 22.9 Å². The van der Waals surface area contributed by atoms with Crippen molar-refractivity contribution in [2.24, 2.45) is 0 Å². The van der Waals surface area contributed by atoms with Gasteiger partial charge in [-0.15, -0.1) is 0 Å². The minimum Gasteiger partial charge on any atom is -0.306 e. The van der Waals surface area contributed by atoms with Gasteiger partial charge in [0.15, 0.2) is 0 Å². The molecule has 0 N–H and O–H groups in total. The number of imidazole rings is 1. The minimum atomic E-state index is -3.13. The van der Waals surface area contributed by atoms with Gasteiger partial charge in [0.05, 0.1) is 12.6 Å². The van der Waals surface area contributed by atoms with Gasteiger partial charge in [-0.25, -0.2) is 17.7 Å². The van der Waals surface area contributed by atoms with Crippen LogP contribution in [0.25, 0.3) is 5.69 Å². The molecule has 1 atom stereocenters. The van der Waals surface area contributed by atoms with Gasteiger partial charge in [0, 0.05) is 49.0 Å². The van der Waals surface area contributed by atoms with Crippen LogP contribution in [0.1, 0.15) is 24.5 Å². The van der Waals surface area contributed by atoms with Gasteiger partial charge in [-0.3, -0.25) is 4.98 Å². The quantitative estimate of drug-likeness (QED) is 0.860. The molecular formula is C14H18N4O2S. The van der Waals surface area contributed by atoms with Crippen LogP contribution in [0.15, 0.2) is 37.1 Å². The fraction of sp³-hybridized carbons (Fsp3) is 0.429. The van der Waals surface area contributed by atoms with Gasteiger partial charge in [-0.1, -0.05) is 0 Å². The lowest BCUT2D eigenvalue weighted by atomic mass is 9.95. The summed E-state index contributed by atoms with van der Waals surface area (Å²) in [6.07, 6.45) is 10.2. The van der Waals surface area contributed by atoms with Crippen molar-refractivity contribution in [1.82, 2.24) is 18.8 Å². The molecule has 1 saturated heterocycles. The van der Waals surface area contributed by atoms with Crippen LogP contribution in [0.4, 0.5) is 0 Å². The largest absolute Gasteiger partial charge is 0.306 e. The Morgan fingerprint density at radius 3 is 2.90 bits per heavy atom. The summed E-state index contributed by atoms with van der Waals surface area (Å²) in [7, 11) is -3.13. The third-order valence-electron chi connectivity index (χ3n) is 3.84. The summed E-state index contributed by atoms with van der Waals surface area (Å²) < 4.78 is 26.9. The highest BCUT2D eigenvalue weighted by molar-refractivity contribution is 7.88. The monoisotopic (exact) mass is 306 g/mol. The average Bonchev–Trinajstić information content (AvgIpc) is 3.01. The van der Waals surface area contributed by atoms with Crippen LogP contribution in [-0.4, -0.2) is 46.6 Å². The van der Waals surface area contributed by atoms with E-state index in [1.165, 1.54) is 6.26 Å². The van der Waals surface area contributed by atoms with Gasteiger partial charge in [-0.2, -0.15) is 0 Å². The third-order valence-corrected chi connectivity index (χ3v) is 5.11. The Morgan fingerprint density at radius 1 is 1.33 bits per heavy atom. The first kappa shape index (κ1) is 14.2. The van der Waals surface area contributed by atoms with Gasteiger partial charge in [0.1, 0.15) is 0 Å². The molecule has 7 heteroatoms. The van der Waals surface area contributed by atoms with Crippen molar-refractivity contribution in [3.05, 3.63) is 42.7 Å². The zero-order valence-electron chi connectivity index (χ0n) is 11.9. The topological polar surface area (TPSA) is 68.1 Å². The Bertz CT molecular complexity index is 712. The van der Waals surface area contributed by atoms with Gasteiger partial charge >= 0.3 is 0 Å². The first-order valence-corrected chi connectivity index (χ1v) is 8.78. The standard InChI is InChI=1S/C14H18N4O2S/c1-21(19,20)18-7-2-3-12(10-18)14-9-13(4-5-16-14)17-8-6-15-11-17/h4-6,8-9,11-12H,2-3,7,10H2,1H3/t12-/m1/s1. The zero-order valence-corrected chi connectivity index (χ0v) is 12.7. The van der Waals surface area contributed by atoms with Crippen molar-refractivity contribution in [2.75, 3.05) is 19.3 Å². The normalized spacial score (nSPS) is 20.5. The van der Waals surface area contributed by atoms with Crippen LogP contribution in [0.5, 0.6) is 0 Å². The number of pyridine rings is 1. The van der Waals surface area contributed by atoms with Gasteiger partial charge < -0.3 is 4.57 Å². The highest BCUT2D eigenvalue weighted by Crippen LogP contribution is 2.27. The Morgan fingerprint density at radius 2 is 2.19 bits per heavy atom. The lowest BCUT2D eigenvalue weighted by molar-refractivity contribution is 0.314. The van der Waals surface area contributed by atoms with Crippen molar-refractivity contribution in [2.45, 2.75) is 18.8 Å². The van der Waals surface area contributed by atoms with Crippen LogP contribution >= 0.6 is 0 Å². The average molecular weight is 306 g/mol. The van der Waals surface area contributed by atoms with Crippen molar-refractivity contribution in [3.63, 3.8) is 0 Å². The number of rotatable bonds is 3. The first-order chi connectivity index (χ1) is 10.0. The van der Waals surface area contributed by atoms with Crippen LogP contribution in [0.3, 0.4) is 0 Å². The van der Waals surface area contributed by atoms with Crippen LogP contribution in [0, 0.1) is 0 Å². The Labute approximate surface area is 124 Å². The molecule has 3 heterocycles. The smallest absolute Gasteiger partial charge is 0.211 e. The zero-order chi connectivity index (χ0) is 14.9. The predicted octanol–water partition coefficient (Wildman–Crippen LogP) is 1.41. The maximum Gasteiger partial charge on any atom is 0.211 e. The molecule has 2 aromatic heterocycles. The Hall–Kier alpha value is -1.73. The maximum atomic E-state index is 11.7. The number of nitrogens with zero attached hydrogens (tertiary/aromatic N) is 4. The van der Waals surface area contributed by atoms with E-state index in [0.717, 1.165) is 24.2 Å². The van der Waals surface area contributed by atoms with E-state index in [2.05, 4.69) is 9.97 Å². The summed E-state index contributed by atoms with van der Waals surface area (Å²) in [6.45, 7) is 1.12. The van der Waals surface area contributed by atoms with E-state index in [0.29, 0.717) is 13.1 Å². The van der Waals surface area contributed by atoms with Gasteiger partial charge in [0.2, 0.25) is 10.0 Å². The number of aromatic nitrogens is 3. The lowest BCUT2D eigenvalue weighted by Gasteiger charge is -2.30. The molecule has 0 saturated carbocycles. The summed E-state index contributed by atoms with van der Waals surface area (Å²) in [4.78, 5) is 8.47. The number of sulfonamides is 1. The van der Waals surface area contributed by atoms with Crippen molar-refractivity contribution in [3.8, 4) is 5.69 Å². The molecule has 0 aromatic carbocycles.